The summed E-state index contributed by atoms with van der Waals surface area (Å²) in [6, 6.07) is 0. The normalized spacial score (nSPS) is 19.5. The second-order valence-electron chi connectivity index (χ2n) is 8.28. The Morgan fingerprint density at radius 3 is 2.85 bits per heavy atom. The number of carbonyl (C=O) groups is 1. The number of rotatable bonds is 3. The molecule has 0 aliphatic carbocycles. The minimum atomic E-state index is -0.0742. The molecule has 2 aliphatic rings. The number of piperidine rings is 1. The van der Waals surface area contributed by atoms with Gasteiger partial charge in [0.2, 0.25) is 0 Å². The van der Waals surface area contributed by atoms with Crippen molar-refractivity contribution in [3.8, 4) is 0 Å². The van der Waals surface area contributed by atoms with E-state index in [9.17, 15) is 9.59 Å². The van der Waals surface area contributed by atoms with Crippen molar-refractivity contribution in [3.05, 3.63) is 26.6 Å². The van der Waals surface area contributed by atoms with Crippen LogP contribution in [-0.2, 0) is 13.0 Å². The molecule has 146 valence electrons. The number of aromatic nitrogens is 2. The topological polar surface area (TPSA) is 76.0 Å². The van der Waals surface area contributed by atoms with E-state index < -0.39 is 0 Å². The zero-order chi connectivity index (χ0) is 19.0. The molecule has 1 fully saturated rings. The van der Waals surface area contributed by atoms with E-state index in [2.05, 4.69) is 17.6 Å². The van der Waals surface area contributed by atoms with Gasteiger partial charge in [0.05, 0.1) is 10.3 Å². The second-order valence-corrected chi connectivity index (χ2v) is 9.27. The molecular weight excluding hydrogens is 360 g/mol. The monoisotopic (exact) mass is 388 g/mol. The van der Waals surface area contributed by atoms with Gasteiger partial charge in [-0.3, -0.25) is 14.2 Å². The van der Waals surface area contributed by atoms with Crippen LogP contribution in [-0.4, -0.2) is 35.1 Å². The van der Waals surface area contributed by atoms with Crippen LogP contribution in [0.4, 0.5) is 0 Å². The number of nitrogens with one attached hydrogen (secondary N) is 2. The average molecular weight is 389 g/mol. The summed E-state index contributed by atoms with van der Waals surface area (Å²) in [6.45, 7) is 7.52. The van der Waals surface area contributed by atoms with Crippen LogP contribution in [0.1, 0.15) is 60.1 Å². The Kier molecular flexibility index (Phi) is 5.07. The highest BCUT2D eigenvalue weighted by Crippen LogP contribution is 2.30. The minimum Gasteiger partial charge on any atom is -0.351 e. The van der Waals surface area contributed by atoms with Gasteiger partial charge in [-0.25, -0.2) is 4.98 Å². The molecule has 1 amide bonds. The number of nitrogens with zero attached hydrogens (tertiary/aromatic N) is 2. The van der Waals surface area contributed by atoms with Gasteiger partial charge in [-0.05, 0) is 56.7 Å². The van der Waals surface area contributed by atoms with Gasteiger partial charge in [0.1, 0.15) is 10.7 Å². The van der Waals surface area contributed by atoms with E-state index in [1.54, 1.807) is 0 Å². The number of carbonyl (C=O) groups excluding carboxylic acids is 1. The van der Waals surface area contributed by atoms with E-state index in [1.807, 2.05) is 11.5 Å². The maximum atomic E-state index is 13.0. The predicted octanol–water partition coefficient (Wildman–Crippen LogP) is 2.61. The molecule has 2 aromatic heterocycles. The van der Waals surface area contributed by atoms with Crippen molar-refractivity contribution in [1.82, 2.24) is 20.2 Å². The molecule has 4 rings (SSSR count). The lowest BCUT2D eigenvalue weighted by atomic mass is 9.81. The Hall–Kier alpha value is -1.73. The Morgan fingerprint density at radius 1 is 1.30 bits per heavy atom. The van der Waals surface area contributed by atoms with Crippen LogP contribution in [0, 0.1) is 12.3 Å². The number of thiophene rings is 1. The highest BCUT2D eigenvalue weighted by Gasteiger charge is 2.28. The maximum Gasteiger partial charge on any atom is 0.262 e. The Balaban J connectivity index is 1.62. The number of fused-ring (bicyclic) bond motifs is 2. The van der Waals surface area contributed by atoms with E-state index in [0.717, 1.165) is 69.5 Å². The third-order valence-electron chi connectivity index (χ3n) is 6.10. The molecule has 0 bridgehead atoms. The highest BCUT2D eigenvalue weighted by atomic mass is 32.1. The fourth-order valence-corrected chi connectivity index (χ4v) is 5.31. The second kappa shape index (κ2) is 7.36. The van der Waals surface area contributed by atoms with Crippen LogP contribution in [0.5, 0.6) is 0 Å². The first-order valence-electron chi connectivity index (χ1n) is 10.0. The molecule has 0 spiro atoms. The largest absolute Gasteiger partial charge is 0.351 e. The van der Waals surface area contributed by atoms with Gasteiger partial charge in [0, 0.05) is 19.5 Å². The summed E-state index contributed by atoms with van der Waals surface area (Å²) in [7, 11) is 0. The average Bonchev–Trinajstić information content (AvgIpc) is 2.82. The van der Waals surface area contributed by atoms with Crippen LogP contribution in [0.15, 0.2) is 4.79 Å². The SMILES string of the molecule is Cc1c(C(=O)NCC2(C)CCNCC2)sc2nc3n(c(=O)c12)CCCCC3. The molecule has 0 aromatic carbocycles. The van der Waals surface area contributed by atoms with E-state index in [0.29, 0.717) is 21.6 Å². The summed E-state index contributed by atoms with van der Waals surface area (Å²) in [5.41, 5.74) is 0.940. The molecule has 4 heterocycles. The molecule has 6 nitrogen and oxygen atoms in total. The van der Waals surface area contributed by atoms with Gasteiger partial charge in [0.25, 0.3) is 11.5 Å². The van der Waals surface area contributed by atoms with E-state index in [4.69, 9.17) is 4.98 Å². The first kappa shape index (κ1) is 18.6. The van der Waals surface area contributed by atoms with Gasteiger partial charge in [-0.1, -0.05) is 13.3 Å². The summed E-state index contributed by atoms with van der Waals surface area (Å²) in [4.78, 5) is 32.0. The molecule has 0 radical (unpaired) electrons. The zero-order valence-corrected chi connectivity index (χ0v) is 17.0. The summed E-state index contributed by atoms with van der Waals surface area (Å²) < 4.78 is 1.83. The summed E-state index contributed by atoms with van der Waals surface area (Å²) in [5, 5.41) is 7.11. The van der Waals surface area contributed by atoms with Crippen molar-refractivity contribution < 1.29 is 4.79 Å². The fraction of sp³-hybridized carbons (Fsp3) is 0.650. The number of hydrogen-bond donors (Lipinski definition) is 2. The molecule has 0 atom stereocenters. The predicted molar refractivity (Wildman–Crippen MR) is 109 cm³/mol. The standard InChI is InChI=1S/C20H28N4O2S/c1-13-15-18(23-14-6-4-3-5-11-24(14)19(15)26)27-16(13)17(25)22-12-20(2)7-9-21-10-8-20/h21H,3-12H2,1-2H3,(H,22,25). The van der Waals surface area contributed by atoms with Gasteiger partial charge in [0.15, 0.2) is 0 Å². The first-order chi connectivity index (χ1) is 13.0. The van der Waals surface area contributed by atoms with E-state index in [-0.39, 0.29) is 16.9 Å². The fourth-order valence-electron chi connectivity index (χ4n) is 4.21. The maximum absolute atomic E-state index is 13.0. The van der Waals surface area contributed by atoms with Crippen molar-refractivity contribution in [2.75, 3.05) is 19.6 Å². The Bertz CT molecular complexity index is 924. The third kappa shape index (κ3) is 3.55. The number of hydrogen-bond acceptors (Lipinski definition) is 5. The third-order valence-corrected chi connectivity index (χ3v) is 7.29. The van der Waals surface area contributed by atoms with Crippen molar-refractivity contribution in [3.63, 3.8) is 0 Å². The minimum absolute atomic E-state index is 0.0232. The molecule has 2 aromatic rings. The lowest BCUT2D eigenvalue weighted by molar-refractivity contribution is 0.0926. The Morgan fingerprint density at radius 2 is 2.07 bits per heavy atom. The highest BCUT2D eigenvalue weighted by molar-refractivity contribution is 7.20. The van der Waals surface area contributed by atoms with Crippen LogP contribution in [0.3, 0.4) is 0 Å². The smallest absolute Gasteiger partial charge is 0.262 e. The van der Waals surface area contributed by atoms with Gasteiger partial charge >= 0.3 is 0 Å². The summed E-state index contributed by atoms with van der Waals surface area (Å²) >= 11 is 1.36. The molecule has 0 unspecified atom stereocenters. The van der Waals surface area contributed by atoms with Crippen molar-refractivity contribution >= 4 is 27.5 Å². The molecule has 7 heteroatoms. The molecule has 2 N–H and O–H groups in total. The van der Waals surface area contributed by atoms with Gasteiger partial charge in [-0.15, -0.1) is 11.3 Å². The lowest BCUT2D eigenvalue weighted by Gasteiger charge is -2.34. The van der Waals surface area contributed by atoms with Crippen LogP contribution in [0.25, 0.3) is 10.2 Å². The van der Waals surface area contributed by atoms with Gasteiger partial charge < -0.3 is 10.6 Å². The zero-order valence-electron chi connectivity index (χ0n) is 16.2. The summed E-state index contributed by atoms with van der Waals surface area (Å²) in [6.07, 6.45) is 6.20. The van der Waals surface area contributed by atoms with E-state index in [1.165, 1.54) is 11.3 Å². The van der Waals surface area contributed by atoms with E-state index >= 15 is 0 Å². The van der Waals surface area contributed by atoms with Gasteiger partial charge in [-0.2, -0.15) is 0 Å². The lowest BCUT2D eigenvalue weighted by Crippen LogP contribution is -2.42. The molecule has 1 saturated heterocycles. The van der Waals surface area contributed by atoms with Crippen LogP contribution in [0.2, 0.25) is 0 Å². The summed E-state index contributed by atoms with van der Waals surface area (Å²) in [5.74, 6) is 0.801. The molecular formula is C20H28N4O2S. The van der Waals surface area contributed by atoms with Crippen LogP contribution < -0.4 is 16.2 Å². The number of amides is 1. The molecule has 27 heavy (non-hydrogen) atoms. The quantitative estimate of drug-likeness (QED) is 0.847. The number of aryl methyl sites for hydroxylation is 2. The first-order valence-corrected chi connectivity index (χ1v) is 10.8. The molecule has 2 aliphatic heterocycles. The van der Waals surface area contributed by atoms with Crippen LogP contribution >= 0.6 is 11.3 Å². The van der Waals surface area contributed by atoms with Crippen molar-refractivity contribution in [1.29, 1.82) is 0 Å². The Labute approximate surface area is 163 Å². The van der Waals surface area contributed by atoms with Crippen molar-refractivity contribution in [2.24, 2.45) is 5.41 Å². The molecule has 0 saturated carbocycles. The van der Waals surface area contributed by atoms with Crippen molar-refractivity contribution in [2.45, 2.75) is 58.9 Å².